The van der Waals surface area contributed by atoms with E-state index in [1.807, 2.05) is 4.90 Å². The first-order valence-electron chi connectivity index (χ1n) is 5.53. The van der Waals surface area contributed by atoms with Crippen LogP contribution in [0.25, 0.3) is 0 Å². The van der Waals surface area contributed by atoms with Crippen LogP contribution >= 0.6 is 0 Å². The van der Waals surface area contributed by atoms with Crippen molar-refractivity contribution in [3.05, 3.63) is 0 Å². The van der Waals surface area contributed by atoms with E-state index in [9.17, 15) is 4.79 Å². The molecule has 1 saturated carbocycles. The van der Waals surface area contributed by atoms with Crippen LogP contribution < -0.4 is 5.73 Å². The first kappa shape index (κ1) is 9.93. The molecule has 2 rings (SSSR count). The largest absolute Gasteiger partial charge is 0.340 e. The van der Waals surface area contributed by atoms with Crippen LogP contribution in [0.15, 0.2) is 0 Å². The number of rotatable bonds is 4. The van der Waals surface area contributed by atoms with E-state index in [1.165, 1.54) is 12.8 Å². The summed E-state index contributed by atoms with van der Waals surface area (Å²) in [4.78, 5) is 16.0. The van der Waals surface area contributed by atoms with Gasteiger partial charge in [-0.25, -0.2) is 0 Å². The number of carbonyl (C=O) groups excluding carboxylic acids is 1. The molecular weight excluding hydrogens is 178 g/mol. The molecule has 0 bridgehead atoms. The second-order valence-electron chi connectivity index (χ2n) is 4.22. The summed E-state index contributed by atoms with van der Waals surface area (Å²) in [6, 6.07) is 0.718. The van der Waals surface area contributed by atoms with Crippen molar-refractivity contribution in [2.75, 3.05) is 32.7 Å². The highest BCUT2D eigenvalue weighted by Crippen LogP contribution is 2.27. The molecule has 80 valence electrons. The minimum atomic E-state index is 0.289. The zero-order valence-corrected chi connectivity index (χ0v) is 8.61. The van der Waals surface area contributed by atoms with Crippen LogP contribution in [0.2, 0.25) is 0 Å². The highest BCUT2D eigenvalue weighted by atomic mass is 16.2. The van der Waals surface area contributed by atoms with Crippen molar-refractivity contribution in [3.63, 3.8) is 0 Å². The molecule has 0 radical (unpaired) electrons. The Balaban J connectivity index is 1.77. The maximum Gasteiger partial charge on any atom is 0.236 e. The molecule has 1 aliphatic heterocycles. The molecule has 0 aromatic heterocycles. The maximum absolute atomic E-state index is 11.7. The molecule has 1 saturated heterocycles. The molecule has 0 unspecified atom stereocenters. The molecular formula is C10H19N3O. The van der Waals surface area contributed by atoms with Crippen LogP contribution in [0.3, 0.4) is 0 Å². The summed E-state index contributed by atoms with van der Waals surface area (Å²) in [5.41, 5.74) is 5.43. The molecule has 0 atom stereocenters. The summed E-state index contributed by atoms with van der Waals surface area (Å²) in [5.74, 6) is 0.289. The smallest absolute Gasteiger partial charge is 0.236 e. The molecule has 1 amide bonds. The van der Waals surface area contributed by atoms with E-state index in [2.05, 4.69) is 4.90 Å². The van der Waals surface area contributed by atoms with Gasteiger partial charge in [0.15, 0.2) is 0 Å². The van der Waals surface area contributed by atoms with E-state index in [-0.39, 0.29) is 5.91 Å². The molecule has 2 aliphatic rings. The lowest BCUT2D eigenvalue weighted by molar-refractivity contribution is -0.136. The number of hydrogen-bond acceptors (Lipinski definition) is 3. The van der Waals surface area contributed by atoms with E-state index in [0.717, 1.165) is 32.1 Å². The fourth-order valence-corrected chi connectivity index (χ4v) is 2.00. The lowest BCUT2D eigenvalue weighted by Gasteiger charge is -2.34. The van der Waals surface area contributed by atoms with Crippen molar-refractivity contribution >= 4 is 5.91 Å². The second-order valence-corrected chi connectivity index (χ2v) is 4.22. The Morgan fingerprint density at radius 3 is 2.71 bits per heavy atom. The number of carbonyl (C=O) groups is 1. The summed E-state index contributed by atoms with van der Waals surface area (Å²) < 4.78 is 0. The van der Waals surface area contributed by atoms with Crippen LogP contribution in [-0.4, -0.2) is 54.5 Å². The van der Waals surface area contributed by atoms with Crippen molar-refractivity contribution in [2.45, 2.75) is 25.3 Å². The van der Waals surface area contributed by atoms with Crippen molar-refractivity contribution in [1.82, 2.24) is 9.80 Å². The van der Waals surface area contributed by atoms with Gasteiger partial charge in [-0.05, 0) is 25.8 Å². The van der Waals surface area contributed by atoms with Crippen LogP contribution in [0, 0.1) is 0 Å². The van der Waals surface area contributed by atoms with E-state index < -0.39 is 0 Å². The van der Waals surface area contributed by atoms with Crippen LogP contribution in [0.5, 0.6) is 0 Å². The van der Waals surface area contributed by atoms with Gasteiger partial charge in [0.1, 0.15) is 0 Å². The van der Waals surface area contributed by atoms with Gasteiger partial charge in [0.25, 0.3) is 0 Å². The highest BCUT2D eigenvalue weighted by molar-refractivity contribution is 5.79. The van der Waals surface area contributed by atoms with E-state index in [4.69, 9.17) is 5.73 Å². The Kier molecular flexibility index (Phi) is 3.03. The molecule has 0 spiro atoms. The number of amides is 1. The van der Waals surface area contributed by atoms with Crippen molar-refractivity contribution in [3.8, 4) is 0 Å². The first-order chi connectivity index (χ1) is 6.81. The monoisotopic (exact) mass is 197 g/mol. The number of piperazine rings is 1. The lowest BCUT2D eigenvalue weighted by atomic mass is 10.2. The molecule has 0 aromatic rings. The molecule has 0 aromatic carbocycles. The van der Waals surface area contributed by atoms with E-state index in [1.54, 1.807) is 0 Å². The highest BCUT2D eigenvalue weighted by Gasteiger charge is 2.34. The van der Waals surface area contributed by atoms with Gasteiger partial charge in [-0.3, -0.25) is 9.69 Å². The maximum atomic E-state index is 11.7. The minimum absolute atomic E-state index is 0.289. The average molecular weight is 197 g/mol. The molecule has 14 heavy (non-hydrogen) atoms. The van der Waals surface area contributed by atoms with Gasteiger partial charge in [0, 0.05) is 25.7 Å². The fourth-order valence-electron chi connectivity index (χ4n) is 2.00. The summed E-state index contributed by atoms with van der Waals surface area (Å²) in [7, 11) is 0. The summed E-state index contributed by atoms with van der Waals surface area (Å²) in [6.07, 6.45) is 3.50. The zero-order chi connectivity index (χ0) is 9.97. The number of hydrogen-bond donors (Lipinski definition) is 1. The van der Waals surface area contributed by atoms with Gasteiger partial charge in [-0.15, -0.1) is 0 Å². The molecule has 2 N–H and O–H groups in total. The van der Waals surface area contributed by atoms with Crippen molar-refractivity contribution < 1.29 is 4.79 Å². The SMILES string of the molecule is NCCCN1CCN(C2CC2)CC1=O. The number of nitrogens with zero attached hydrogens (tertiary/aromatic N) is 2. The first-order valence-corrected chi connectivity index (χ1v) is 5.53. The number of nitrogens with two attached hydrogens (primary N) is 1. The third-order valence-corrected chi connectivity index (χ3v) is 3.04. The molecule has 1 heterocycles. The van der Waals surface area contributed by atoms with Crippen molar-refractivity contribution in [2.24, 2.45) is 5.73 Å². The molecule has 2 fully saturated rings. The van der Waals surface area contributed by atoms with Gasteiger partial charge in [0.2, 0.25) is 5.91 Å². The molecule has 4 heteroatoms. The standard InChI is InChI=1S/C10H19N3O/c11-4-1-5-12-6-7-13(8-10(12)14)9-2-3-9/h9H,1-8,11H2. The average Bonchev–Trinajstić information content (AvgIpc) is 2.99. The van der Waals surface area contributed by atoms with Crippen molar-refractivity contribution in [1.29, 1.82) is 0 Å². The predicted molar refractivity (Wildman–Crippen MR) is 54.8 cm³/mol. The third-order valence-electron chi connectivity index (χ3n) is 3.04. The lowest BCUT2D eigenvalue weighted by Crippen LogP contribution is -2.51. The van der Waals surface area contributed by atoms with Crippen LogP contribution in [0.4, 0.5) is 0 Å². The molecule has 1 aliphatic carbocycles. The Bertz CT molecular complexity index is 215. The van der Waals surface area contributed by atoms with Gasteiger partial charge >= 0.3 is 0 Å². The Labute approximate surface area is 85.0 Å². The Morgan fingerprint density at radius 1 is 1.36 bits per heavy atom. The quantitative estimate of drug-likeness (QED) is 0.669. The topological polar surface area (TPSA) is 49.6 Å². The molecule has 4 nitrogen and oxygen atoms in total. The second kappa shape index (κ2) is 4.28. The van der Waals surface area contributed by atoms with E-state index >= 15 is 0 Å². The van der Waals surface area contributed by atoms with Gasteiger partial charge in [-0.1, -0.05) is 0 Å². The minimum Gasteiger partial charge on any atom is -0.340 e. The predicted octanol–water partition coefficient (Wildman–Crippen LogP) is -0.358. The fraction of sp³-hybridized carbons (Fsp3) is 0.900. The summed E-state index contributed by atoms with van der Waals surface area (Å²) >= 11 is 0. The third kappa shape index (κ3) is 2.25. The Hall–Kier alpha value is -0.610. The van der Waals surface area contributed by atoms with Crippen LogP contribution in [0.1, 0.15) is 19.3 Å². The zero-order valence-electron chi connectivity index (χ0n) is 8.61. The van der Waals surface area contributed by atoms with Gasteiger partial charge in [-0.2, -0.15) is 0 Å². The van der Waals surface area contributed by atoms with Crippen LogP contribution in [-0.2, 0) is 4.79 Å². The van der Waals surface area contributed by atoms with Gasteiger partial charge < -0.3 is 10.6 Å². The summed E-state index contributed by atoms with van der Waals surface area (Å²) in [6.45, 7) is 4.11. The normalized spacial score (nSPS) is 24.4. The van der Waals surface area contributed by atoms with E-state index in [0.29, 0.717) is 13.1 Å². The summed E-state index contributed by atoms with van der Waals surface area (Å²) in [5, 5.41) is 0. The van der Waals surface area contributed by atoms with Gasteiger partial charge in [0.05, 0.1) is 6.54 Å². The Morgan fingerprint density at radius 2 is 2.14 bits per heavy atom.